The van der Waals surface area contributed by atoms with Gasteiger partial charge in [-0.2, -0.15) is 5.26 Å². The van der Waals surface area contributed by atoms with Gasteiger partial charge in [-0.05, 0) is 60.5 Å². The van der Waals surface area contributed by atoms with Crippen LogP contribution >= 0.6 is 11.8 Å². The van der Waals surface area contributed by atoms with Gasteiger partial charge >= 0.3 is 0 Å². The fourth-order valence-corrected chi connectivity index (χ4v) is 3.61. The molecule has 1 heterocycles. The molecule has 0 spiro atoms. The molecule has 3 rings (SSSR count). The number of nitrogens with zero attached hydrogens (tertiary/aromatic N) is 2. The number of carbonyl (C=O) groups excluding carboxylic acids is 3. The summed E-state index contributed by atoms with van der Waals surface area (Å²) < 4.78 is 0. The molecule has 0 aliphatic carbocycles. The van der Waals surface area contributed by atoms with Gasteiger partial charge in [0.25, 0.3) is 11.1 Å². The maximum Gasteiger partial charge on any atom is 0.294 e. The molecular formula is C21H17N3O3S. The lowest BCUT2D eigenvalue weighted by atomic mass is 10.1. The second-order valence-corrected chi connectivity index (χ2v) is 7.31. The second kappa shape index (κ2) is 8.11. The van der Waals surface area contributed by atoms with Crippen molar-refractivity contribution in [2.75, 3.05) is 11.9 Å². The number of aryl methyl sites for hydroxylation is 2. The topological polar surface area (TPSA) is 90.3 Å². The standard InChI is InChI=1S/C21H17N3O3S/c1-13-4-3-5-14(2)19(13)23-18(25)12-24-20(26)17(28-21(24)27)10-15-6-8-16(11-22)9-7-15/h3-10H,12H2,1-2H3,(H,23,25)/b17-10+. The quantitative estimate of drug-likeness (QED) is 0.800. The third-order valence-corrected chi connectivity index (χ3v) is 5.17. The van der Waals surface area contributed by atoms with Crippen molar-refractivity contribution in [2.45, 2.75) is 13.8 Å². The van der Waals surface area contributed by atoms with E-state index in [4.69, 9.17) is 5.26 Å². The minimum atomic E-state index is -0.504. The average molecular weight is 391 g/mol. The number of hydrogen-bond donors (Lipinski definition) is 1. The molecule has 2 aromatic rings. The normalized spacial score (nSPS) is 15.0. The van der Waals surface area contributed by atoms with Crippen LogP contribution in [0.15, 0.2) is 47.4 Å². The first-order valence-corrected chi connectivity index (χ1v) is 9.32. The molecule has 0 saturated carbocycles. The average Bonchev–Trinajstić information content (AvgIpc) is 2.93. The molecule has 0 atom stereocenters. The van der Waals surface area contributed by atoms with Gasteiger partial charge in [0, 0.05) is 5.69 Å². The number of carbonyl (C=O) groups is 3. The van der Waals surface area contributed by atoms with E-state index in [9.17, 15) is 14.4 Å². The Bertz CT molecular complexity index is 1020. The highest BCUT2D eigenvalue weighted by Gasteiger charge is 2.36. The van der Waals surface area contributed by atoms with Crippen molar-refractivity contribution in [1.29, 1.82) is 5.26 Å². The first kappa shape index (κ1) is 19.4. The predicted molar refractivity (Wildman–Crippen MR) is 108 cm³/mol. The molecule has 7 heteroatoms. The summed E-state index contributed by atoms with van der Waals surface area (Å²) in [4.78, 5) is 38.3. The van der Waals surface area contributed by atoms with Crippen molar-refractivity contribution < 1.29 is 14.4 Å². The molecule has 2 aromatic carbocycles. The predicted octanol–water partition coefficient (Wildman–Crippen LogP) is 3.85. The molecule has 0 unspecified atom stereocenters. The minimum Gasteiger partial charge on any atom is -0.324 e. The summed E-state index contributed by atoms with van der Waals surface area (Å²) >= 11 is 0.795. The van der Waals surface area contributed by atoms with Crippen LogP contribution in [0.2, 0.25) is 0 Å². The third-order valence-electron chi connectivity index (χ3n) is 4.26. The molecule has 0 radical (unpaired) electrons. The zero-order chi connectivity index (χ0) is 20.3. The Morgan fingerprint density at radius 2 is 1.79 bits per heavy atom. The number of hydrogen-bond acceptors (Lipinski definition) is 5. The van der Waals surface area contributed by atoms with E-state index in [1.807, 2.05) is 38.1 Å². The summed E-state index contributed by atoms with van der Waals surface area (Å²) in [6, 6.07) is 14.3. The number of thioether (sulfide) groups is 1. The number of rotatable bonds is 4. The number of amides is 3. The van der Waals surface area contributed by atoms with Crippen molar-refractivity contribution in [3.05, 3.63) is 69.6 Å². The maximum atomic E-state index is 12.5. The SMILES string of the molecule is Cc1cccc(C)c1NC(=O)CN1C(=O)S/C(=C/c2ccc(C#N)cc2)C1=O. The van der Waals surface area contributed by atoms with Crippen LogP contribution < -0.4 is 5.32 Å². The van der Waals surface area contributed by atoms with Crippen LogP contribution in [-0.2, 0) is 9.59 Å². The number of nitriles is 1. The van der Waals surface area contributed by atoms with Gasteiger partial charge in [0.1, 0.15) is 6.54 Å². The summed E-state index contributed by atoms with van der Waals surface area (Å²) in [5.74, 6) is -0.935. The Hall–Kier alpha value is -3.37. The Kier molecular flexibility index (Phi) is 5.62. The van der Waals surface area contributed by atoms with Gasteiger partial charge in [0.15, 0.2) is 0 Å². The molecule has 0 aromatic heterocycles. The van der Waals surface area contributed by atoms with Crippen molar-refractivity contribution in [1.82, 2.24) is 4.90 Å². The molecule has 1 fully saturated rings. The van der Waals surface area contributed by atoms with Crippen LogP contribution in [0.1, 0.15) is 22.3 Å². The van der Waals surface area contributed by atoms with Crippen molar-refractivity contribution >= 4 is 40.6 Å². The van der Waals surface area contributed by atoms with E-state index in [0.29, 0.717) is 16.8 Å². The van der Waals surface area contributed by atoms with Crippen LogP contribution in [0.4, 0.5) is 10.5 Å². The Morgan fingerprint density at radius 3 is 2.39 bits per heavy atom. The number of anilines is 1. The molecule has 1 N–H and O–H groups in total. The van der Waals surface area contributed by atoms with Crippen molar-refractivity contribution in [3.63, 3.8) is 0 Å². The van der Waals surface area contributed by atoms with Gasteiger partial charge in [-0.1, -0.05) is 30.3 Å². The molecule has 0 bridgehead atoms. The summed E-state index contributed by atoms with van der Waals surface area (Å²) in [6.07, 6.45) is 1.58. The molecule has 1 aliphatic heterocycles. The molecule has 140 valence electrons. The fourth-order valence-electron chi connectivity index (χ4n) is 2.78. The van der Waals surface area contributed by atoms with Crippen LogP contribution in [0.3, 0.4) is 0 Å². The Morgan fingerprint density at radius 1 is 1.14 bits per heavy atom. The van der Waals surface area contributed by atoms with E-state index in [2.05, 4.69) is 5.32 Å². The fraction of sp³-hybridized carbons (Fsp3) is 0.143. The Labute approximate surface area is 166 Å². The lowest BCUT2D eigenvalue weighted by molar-refractivity contribution is -0.127. The van der Waals surface area contributed by atoms with E-state index in [1.54, 1.807) is 30.3 Å². The number of imide groups is 1. The molecule has 1 saturated heterocycles. The molecule has 1 aliphatic rings. The number of benzene rings is 2. The minimum absolute atomic E-state index is 0.245. The molecule has 28 heavy (non-hydrogen) atoms. The molecular weight excluding hydrogens is 374 g/mol. The summed E-state index contributed by atoms with van der Waals surface area (Å²) in [7, 11) is 0. The first-order valence-electron chi connectivity index (χ1n) is 8.50. The van der Waals surface area contributed by atoms with Gasteiger partial charge in [-0.3, -0.25) is 19.3 Å². The highest BCUT2D eigenvalue weighted by Crippen LogP contribution is 2.32. The lowest BCUT2D eigenvalue weighted by Gasteiger charge is -2.15. The number of para-hydroxylation sites is 1. The zero-order valence-electron chi connectivity index (χ0n) is 15.4. The van der Waals surface area contributed by atoms with Gasteiger partial charge in [-0.25, -0.2) is 0 Å². The highest BCUT2D eigenvalue weighted by molar-refractivity contribution is 8.18. The van der Waals surface area contributed by atoms with E-state index < -0.39 is 17.1 Å². The molecule has 3 amide bonds. The second-order valence-electron chi connectivity index (χ2n) is 6.32. The van der Waals surface area contributed by atoms with Crippen LogP contribution in [0, 0.1) is 25.2 Å². The van der Waals surface area contributed by atoms with Gasteiger partial charge < -0.3 is 5.32 Å². The number of nitrogens with one attached hydrogen (secondary N) is 1. The van der Waals surface area contributed by atoms with Gasteiger partial charge in [-0.15, -0.1) is 0 Å². The van der Waals surface area contributed by atoms with E-state index in [1.165, 1.54) is 0 Å². The van der Waals surface area contributed by atoms with Crippen LogP contribution in [0.5, 0.6) is 0 Å². The van der Waals surface area contributed by atoms with Crippen LogP contribution in [-0.4, -0.2) is 28.5 Å². The summed E-state index contributed by atoms with van der Waals surface area (Å²) in [5, 5.41) is 11.1. The van der Waals surface area contributed by atoms with Gasteiger partial charge in [0.05, 0.1) is 16.5 Å². The highest BCUT2D eigenvalue weighted by atomic mass is 32.2. The summed E-state index contributed by atoms with van der Waals surface area (Å²) in [5.41, 5.74) is 3.71. The van der Waals surface area contributed by atoms with Gasteiger partial charge in [0.2, 0.25) is 5.91 Å². The monoisotopic (exact) mass is 391 g/mol. The Balaban J connectivity index is 1.72. The maximum absolute atomic E-state index is 12.5. The van der Waals surface area contributed by atoms with E-state index in [0.717, 1.165) is 27.8 Å². The van der Waals surface area contributed by atoms with Crippen LogP contribution in [0.25, 0.3) is 6.08 Å². The zero-order valence-corrected chi connectivity index (χ0v) is 16.2. The first-order chi connectivity index (χ1) is 13.4. The van der Waals surface area contributed by atoms with Crippen molar-refractivity contribution in [2.24, 2.45) is 0 Å². The largest absolute Gasteiger partial charge is 0.324 e. The van der Waals surface area contributed by atoms with Crippen molar-refractivity contribution in [3.8, 4) is 6.07 Å². The molecule has 6 nitrogen and oxygen atoms in total. The lowest BCUT2D eigenvalue weighted by Crippen LogP contribution is -2.36. The van der Waals surface area contributed by atoms with E-state index in [-0.39, 0.29) is 11.4 Å². The summed E-state index contributed by atoms with van der Waals surface area (Å²) in [6.45, 7) is 3.41. The third kappa shape index (κ3) is 4.13. The van der Waals surface area contributed by atoms with E-state index >= 15 is 0 Å². The smallest absolute Gasteiger partial charge is 0.294 e.